The van der Waals surface area contributed by atoms with Gasteiger partial charge in [-0.2, -0.15) is 0 Å². The number of nitrogens with one attached hydrogen (secondary N) is 1. The van der Waals surface area contributed by atoms with Crippen LogP contribution in [0, 0.1) is 23.4 Å². The molecule has 0 radical (unpaired) electrons. The third-order valence-electron chi connectivity index (χ3n) is 4.47. The molecule has 0 aliphatic heterocycles. The first-order valence-corrected chi connectivity index (χ1v) is 8.07. The first kappa shape index (κ1) is 18.0. The van der Waals surface area contributed by atoms with Crippen molar-refractivity contribution in [2.24, 2.45) is 5.92 Å². The van der Waals surface area contributed by atoms with Gasteiger partial charge in [-0.3, -0.25) is 9.59 Å². The van der Waals surface area contributed by atoms with Crippen molar-refractivity contribution in [2.75, 3.05) is 0 Å². The quantitative estimate of drug-likeness (QED) is 0.825. The van der Waals surface area contributed by atoms with E-state index >= 15 is 0 Å². The van der Waals surface area contributed by atoms with Crippen molar-refractivity contribution in [1.82, 2.24) is 5.32 Å². The number of hydrogen-bond acceptors (Lipinski definition) is 2. The fourth-order valence-electron chi connectivity index (χ4n) is 3.00. The number of aliphatic carboxylic acids is 1. The Labute approximate surface area is 147 Å². The summed E-state index contributed by atoms with van der Waals surface area (Å²) in [5, 5.41) is 11.7. The predicted molar refractivity (Wildman–Crippen MR) is 86.7 cm³/mol. The smallest absolute Gasteiger partial charge is 0.305 e. The van der Waals surface area contributed by atoms with E-state index in [0.717, 1.165) is 12.1 Å². The summed E-state index contributed by atoms with van der Waals surface area (Å²) in [7, 11) is 0. The van der Waals surface area contributed by atoms with E-state index in [1.807, 2.05) is 0 Å². The van der Waals surface area contributed by atoms with Gasteiger partial charge in [-0.15, -0.1) is 0 Å². The molecule has 26 heavy (non-hydrogen) atoms. The highest BCUT2D eigenvalue weighted by atomic mass is 19.2. The molecule has 1 fully saturated rings. The van der Waals surface area contributed by atoms with E-state index in [2.05, 4.69) is 5.32 Å². The maximum atomic E-state index is 13.3. The molecule has 0 aromatic heterocycles. The fraction of sp³-hybridized carbons (Fsp3) is 0.263. The summed E-state index contributed by atoms with van der Waals surface area (Å²) in [5.74, 6) is -4.52. The highest BCUT2D eigenvalue weighted by Crippen LogP contribution is 2.48. The summed E-state index contributed by atoms with van der Waals surface area (Å²) in [5.41, 5.74) is 1.01. The molecule has 0 heterocycles. The second-order valence-corrected chi connectivity index (χ2v) is 6.33. The molecule has 1 amide bonds. The van der Waals surface area contributed by atoms with E-state index in [-0.39, 0.29) is 18.2 Å². The molecule has 1 aliphatic rings. The second kappa shape index (κ2) is 7.19. The van der Waals surface area contributed by atoms with Crippen molar-refractivity contribution < 1.29 is 27.9 Å². The highest BCUT2D eigenvalue weighted by Gasteiger charge is 2.44. The van der Waals surface area contributed by atoms with Gasteiger partial charge in [0.1, 0.15) is 5.82 Å². The number of rotatable bonds is 6. The van der Waals surface area contributed by atoms with E-state index < -0.39 is 35.4 Å². The lowest BCUT2D eigenvalue weighted by Gasteiger charge is -2.17. The average molecular weight is 363 g/mol. The molecule has 2 N–H and O–H groups in total. The van der Waals surface area contributed by atoms with Gasteiger partial charge < -0.3 is 10.4 Å². The molecule has 3 atom stereocenters. The zero-order chi connectivity index (χ0) is 18.8. The van der Waals surface area contributed by atoms with Crippen LogP contribution >= 0.6 is 0 Å². The van der Waals surface area contributed by atoms with Crippen LogP contribution in [-0.2, 0) is 9.59 Å². The number of amides is 1. The average Bonchev–Trinajstić information content (AvgIpc) is 3.38. The monoisotopic (exact) mass is 363 g/mol. The first-order chi connectivity index (χ1) is 12.3. The molecule has 3 unspecified atom stereocenters. The summed E-state index contributed by atoms with van der Waals surface area (Å²) >= 11 is 0. The number of carboxylic acid groups (broad SMARTS) is 1. The van der Waals surface area contributed by atoms with Gasteiger partial charge in [-0.25, -0.2) is 13.2 Å². The molecular weight excluding hydrogens is 347 g/mol. The Kier molecular flexibility index (Phi) is 4.97. The summed E-state index contributed by atoms with van der Waals surface area (Å²) in [6.07, 6.45) is 0.125. The van der Waals surface area contributed by atoms with E-state index in [1.165, 1.54) is 30.3 Å². The number of halogens is 3. The molecule has 0 spiro atoms. The molecule has 4 nitrogen and oxygen atoms in total. The summed E-state index contributed by atoms with van der Waals surface area (Å²) < 4.78 is 39.4. The minimum absolute atomic E-state index is 0.233. The van der Waals surface area contributed by atoms with Crippen molar-refractivity contribution in [1.29, 1.82) is 0 Å². The van der Waals surface area contributed by atoms with Crippen LogP contribution in [0.2, 0.25) is 0 Å². The lowest BCUT2D eigenvalue weighted by atomic mass is 10.0. The molecule has 0 saturated heterocycles. The number of benzene rings is 2. The highest BCUT2D eigenvalue weighted by molar-refractivity contribution is 5.84. The minimum atomic E-state index is -1.10. The van der Waals surface area contributed by atoms with Gasteiger partial charge in [0.15, 0.2) is 11.6 Å². The Hall–Kier alpha value is -2.83. The summed E-state index contributed by atoms with van der Waals surface area (Å²) in [4.78, 5) is 23.5. The van der Waals surface area contributed by atoms with Crippen molar-refractivity contribution in [2.45, 2.75) is 24.8 Å². The molecule has 7 heteroatoms. The lowest BCUT2D eigenvalue weighted by Crippen LogP contribution is -2.31. The molecule has 2 aromatic rings. The Morgan fingerprint density at radius 1 is 1.08 bits per heavy atom. The van der Waals surface area contributed by atoms with Gasteiger partial charge in [0.25, 0.3) is 0 Å². The van der Waals surface area contributed by atoms with Gasteiger partial charge in [0.2, 0.25) is 5.91 Å². The Bertz CT molecular complexity index is 838. The number of hydrogen-bond donors (Lipinski definition) is 2. The van der Waals surface area contributed by atoms with E-state index in [4.69, 9.17) is 5.11 Å². The van der Waals surface area contributed by atoms with Crippen LogP contribution in [0.25, 0.3) is 0 Å². The molecule has 3 rings (SSSR count). The van der Waals surface area contributed by atoms with E-state index in [0.29, 0.717) is 17.5 Å². The Balaban J connectivity index is 1.69. The normalized spacial score (nSPS) is 19.7. The second-order valence-electron chi connectivity index (χ2n) is 6.33. The maximum absolute atomic E-state index is 13.3. The van der Waals surface area contributed by atoms with Crippen LogP contribution in [0.4, 0.5) is 13.2 Å². The topological polar surface area (TPSA) is 66.4 Å². The number of carboxylic acids is 1. The van der Waals surface area contributed by atoms with Crippen LogP contribution < -0.4 is 5.32 Å². The van der Waals surface area contributed by atoms with Crippen LogP contribution in [0.5, 0.6) is 0 Å². The minimum Gasteiger partial charge on any atom is -0.481 e. The molecule has 1 saturated carbocycles. The zero-order valence-corrected chi connectivity index (χ0v) is 13.6. The SMILES string of the molecule is O=C(O)CC(NC(=O)C1CC1c1ccc(F)c(F)c1)c1ccc(F)cc1. The lowest BCUT2D eigenvalue weighted by molar-refractivity contribution is -0.137. The summed E-state index contributed by atoms with van der Waals surface area (Å²) in [6.45, 7) is 0. The molecule has 2 aromatic carbocycles. The van der Waals surface area contributed by atoms with Crippen molar-refractivity contribution >= 4 is 11.9 Å². The Morgan fingerprint density at radius 3 is 2.38 bits per heavy atom. The molecule has 0 bridgehead atoms. The number of carbonyl (C=O) groups excluding carboxylic acids is 1. The van der Waals surface area contributed by atoms with E-state index in [1.54, 1.807) is 0 Å². The largest absolute Gasteiger partial charge is 0.481 e. The zero-order valence-electron chi connectivity index (χ0n) is 13.6. The van der Waals surface area contributed by atoms with Crippen molar-refractivity contribution in [3.8, 4) is 0 Å². The predicted octanol–water partition coefficient (Wildman–Crippen LogP) is 3.54. The fourth-order valence-corrected chi connectivity index (χ4v) is 3.00. The Morgan fingerprint density at radius 2 is 1.77 bits per heavy atom. The van der Waals surface area contributed by atoms with Crippen LogP contribution in [-0.4, -0.2) is 17.0 Å². The maximum Gasteiger partial charge on any atom is 0.305 e. The van der Waals surface area contributed by atoms with Gasteiger partial charge in [-0.05, 0) is 47.7 Å². The van der Waals surface area contributed by atoms with Crippen LogP contribution in [0.1, 0.15) is 35.9 Å². The standard InChI is InChI=1S/C19H16F3NO3/c20-12-4-1-10(2-5-12)17(9-18(24)25)23-19(26)14-8-13(14)11-3-6-15(21)16(22)7-11/h1-7,13-14,17H,8-9H2,(H,23,26)(H,24,25). The molecule has 136 valence electrons. The van der Waals surface area contributed by atoms with Gasteiger partial charge in [-0.1, -0.05) is 18.2 Å². The molecule has 1 aliphatic carbocycles. The first-order valence-electron chi connectivity index (χ1n) is 8.07. The van der Waals surface area contributed by atoms with Gasteiger partial charge in [0, 0.05) is 5.92 Å². The third-order valence-corrected chi connectivity index (χ3v) is 4.47. The van der Waals surface area contributed by atoms with E-state index in [9.17, 15) is 22.8 Å². The van der Waals surface area contributed by atoms with Crippen LogP contribution in [0.15, 0.2) is 42.5 Å². The third kappa shape index (κ3) is 4.04. The van der Waals surface area contributed by atoms with Crippen molar-refractivity contribution in [3.63, 3.8) is 0 Å². The van der Waals surface area contributed by atoms with Crippen molar-refractivity contribution in [3.05, 3.63) is 71.0 Å². The van der Waals surface area contributed by atoms with Gasteiger partial charge >= 0.3 is 5.97 Å². The van der Waals surface area contributed by atoms with Gasteiger partial charge in [0.05, 0.1) is 12.5 Å². The van der Waals surface area contributed by atoms with Crippen LogP contribution in [0.3, 0.4) is 0 Å². The number of carbonyl (C=O) groups is 2. The molecular formula is C19H16F3NO3. The summed E-state index contributed by atoms with van der Waals surface area (Å²) in [6, 6.07) is 7.95.